The Morgan fingerprint density at radius 1 is 1.00 bits per heavy atom. The number of nitrogens with zero attached hydrogens (tertiary/aromatic N) is 1. The van der Waals surface area contributed by atoms with Crippen LogP contribution in [0.2, 0.25) is 0 Å². The quantitative estimate of drug-likeness (QED) is 0.497. The molecule has 3 aromatic rings. The van der Waals surface area contributed by atoms with Gasteiger partial charge in [0.05, 0.1) is 12.2 Å². The molecule has 4 rings (SSSR count). The van der Waals surface area contributed by atoms with Crippen molar-refractivity contribution in [3.8, 4) is 28.4 Å². The van der Waals surface area contributed by atoms with Crippen molar-refractivity contribution in [1.29, 1.82) is 0 Å². The van der Waals surface area contributed by atoms with Crippen molar-refractivity contribution in [3.05, 3.63) is 76.2 Å². The Bertz CT molecular complexity index is 1230. The van der Waals surface area contributed by atoms with E-state index in [2.05, 4.69) is 0 Å². The van der Waals surface area contributed by atoms with Crippen LogP contribution in [0.15, 0.2) is 59.5 Å². The van der Waals surface area contributed by atoms with Gasteiger partial charge < -0.3 is 19.8 Å². The first-order valence-electron chi connectivity index (χ1n) is 9.51. The van der Waals surface area contributed by atoms with E-state index in [1.165, 1.54) is 16.7 Å². The summed E-state index contributed by atoms with van der Waals surface area (Å²) < 4.78 is 52.9. The molecule has 1 aliphatic rings. The van der Waals surface area contributed by atoms with Gasteiger partial charge in [0.15, 0.2) is 0 Å². The summed E-state index contributed by atoms with van der Waals surface area (Å²) in [5.41, 5.74) is 6.88. The molecule has 1 aromatic heterocycles. The first-order valence-corrected chi connectivity index (χ1v) is 9.51. The maximum atomic E-state index is 13.2. The number of benzene rings is 2. The van der Waals surface area contributed by atoms with Gasteiger partial charge in [0.25, 0.3) is 5.56 Å². The highest BCUT2D eigenvalue weighted by Gasteiger charge is 2.31. The van der Waals surface area contributed by atoms with E-state index in [0.717, 1.165) is 12.1 Å². The van der Waals surface area contributed by atoms with Crippen molar-refractivity contribution < 1.29 is 22.6 Å². The summed E-state index contributed by atoms with van der Waals surface area (Å²) in [6.07, 6.45) is 0.848. The first kappa shape index (κ1) is 20.6. The number of ether oxygens (including phenoxy) is 2. The highest BCUT2D eigenvalue weighted by molar-refractivity contribution is 5.78. The van der Waals surface area contributed by atoms with Crippen LogP contribution in [0.5, 0.6) is 17.2 Å². The third-order valence-electron chi connectivity index (χ3n) is 4.88. The molecule has 0 amide bonds. The van der Waals surface area contributed by atoms with Gasteiger partial charge in [0.1, 0.15) is 17.2 Å². The van der Waals surface area contributed by atoms with Gasteiger partial charge in [-0.2, -0.15) is 13.2 Å². The molecular weight excluding hydrogens is 409 g/mol. The Morgan fingerprint density at radius 2 is 1.77 bits per heavy atom. The number of anilines is 1. The highest BCUT2D eigenvalue weighted by atomic mass is 19.4. The number of fused-ring (bicyclic) bond motifs is 4. The van der Waals surface area contributed by atoms with E-state index in [1.807, 2.05) is 0 Å². The van der Waals surface area contributed by atoms with E-state index in [1.54, 1.807) is 43.6 Å². The van der Waals surface area contributed by atoms with Crippen molar-refractivity contribution in [2.45, 2.75) is 12.6 Å². The molecule has 1 aliphatic heterocycles. The lowest BCUT2D eigenvalue weighted by atomic mass is 10.0. The van der Waals surface area contributed by atoms with Gasteiger partial charge in [-0.25, -0.2) is 0 Å². The summed E-state index contributed by atoms with van der Waals surface area (Å²) in [4.78, 5) is 12.1. The van der Waals surface area contributed by atoms with Crippen molar-refractivity contribution in [2.75, 3.05) is 12.3 Å². The van der Waals surface area contributed by atoms with E-state index in [9.17, 15) is 18.0 Å². The number of hydrogen-bond donors (Lipinski definition) is 1. The first-order chi connectivity index (χ1) is 14.7. The van der Waals surface area contributed by atoms with Crippen LogP contribution in [-0.2, 0) is 13.2 Å². The lowest BCUT2D eigenvalue weighted by Gasteiger charge is -2.18. The largest absolute Gasteiger partial charge is 0.492 e. The Balaban J connectivity index is 1.92. The fraction of sp³-hybridized carbons (Fsp3) is 0.174. The van der Waals surface area contributed by atoms with Gasteiger partial charge in [-0.3, -0.25) is 4.79 Å². The molecule has 0 fully saturated rings. The Morgan fingerprint density at radius 3 is 2.55 bits per heavy atom. The number of aromatic nitrogens is 1. The van der Waals surface area contributed by atoms with Gasteiger partial charge in [-0.15, -0.1) is 0 Å². The van der Waals surface area contributed by atoms with E-state index in [0.29, 0.717) is 40.3 Å². The molecule has 0 radical (unpaired) electrons. The standard InChI is InChI=1S/C23H19F3N2O3/c1-28-13-18-17-11-16(27)6-8-20(17)31-19-7-5-15(23(24,25)26)10-14(19)4-2-3-9-30-21(18)12-22(28)29/h2,4-8,10-13H,3,9,27H2,1H3/b4-2+. The molecule has 0 saturated carbocycles. The predicted molar refractivity (Wildman–Crippen MR) is 112 cm³/mol. The summed E-state index contributed by atoms with van der Waals surface area (Å²) in [7, 11) is 1.61. The molecule has 0 spiro atoms. The monoisotopic (exact) mass is 428 g/mol. The number of nitrogens with two attached hydrogens (primary N) is 1. The average Bonchev–Trinajstić information content (AvgIpc) is 2.70. The number of rotatable bonds is 0. The number of halogens is 3. The molecule has 2 N–H and O–H groups in total. The molecule has 2 heterocycles. The Kier molecular flexibility index (Phi) is 5.22. The van der Waals surface area contributed by atoms with E-state index < -0.39 is 11.7 Å². The van der Waals surface area contributed by atoms with Crippen LogP contribution < -0.4 is 20.8 Å². The minimum Gasteiger partial charge on any atom is -0.492 e. The third kappa shape index (κ3) is 4.28. The minimum absolute atomic E-state index is 0.238. The Hall–Kier alpha value is -3.68. The van der Waals surface area contributed by atoms with Crippen LogP contribution in [0.25, 0.3) is 17.2 Å². The Labute approximate surface area is 176 Å². The van der Waals surface area contributed by atoms with Crippen molar-refractivity contribution in [2.24, 2.45) is 7.05 Å². The molecule has 0 atom stereocenters. The molecular formula is C23H19F3N2O3. The summed E-state index contributed by atoms with van der Waals surface area (Å²) in [6.45, 7) is 0.240. The second-order valence-electron chi connectivity index (χ2n) is 7.15. The van der Waals surface area contributed by atoms with Crippen LogP contribution in [0.4, 0.5) is 18.9 Å². The lowest BCUT2D eigenvalue weighted by molar-refractivity contribution is -0.137. The molecule has 5 nitrogen and oxygen atoms in total. The number of alkyl halides is 3. The fourth-order valence-corrected chi connectivity index (χ4v) is 3.30. The van der Waals surface area contributed by atoms with Crippen molar-refractivity contribution >= 4 is 11.8 Å². The van der Waals surface area contributed by atoms with Gasteiger partial charge in [-0.1, -0.05) is 12.2 Å². The minimum atomic E-state index is -4.47. The zero-order valence-electron chi connectivity index (χ0n) is 16.6. The van der Waals surface area contributed by atoms with E-state index >= 15 is 0 Å². The molecule has 0 aliphatic carbocycles. The van der Waals surface area contributed by atoms with Crippen LogP contribution >= 0.6 is 0 Å². The van der Waals surface area contributed by atoms with Crippen LogP contribution in [-0.4, -0.2) is 11.2 Å². The van der Waals surface area contributed by atoms with Gasteiger partial charge in [0, 0.05) is 41.7 Å². The third-order valence-corrected chi connectivity index (χ3v) is 4.88. The normalized spacial score (nSPS) is 14.6. The van der Waals surface area contributed by atoms with Crippen LogP contribution in [0, 0.1) is 0 Å². The van der Waals surface area contributed by atoms with Crippen molar-refractivity contribution in [3.63, 3.8) is 0 Å². The predicted octanol–water partition coefficient (Wildman–Crippen LogP) is 5.24. The van der Waals surface area contributed by atoms with Gasteiger partial charge >= 0.3 is 6.18 Å². The summed E-state index contributed by atoms with van der Waals surface area (Å²) >= 11 is 0. The zero-order chi connectivity index (χ0) is 22.2. The summed E-state index contributed by atoms with van der Waals surface area (Å²) in [5.74, 6) is 1.01. The second-order valence-corrected chi connectivity index (χ2v) is 7.15. The lowest BCUT2D eigenvalue weighted by Crippen LogP contribution is -2.16. The maximum absolute atomic E-state index is 13.2. The zero-order valence-corrected chi connectivity index (χ0v) is 16.6. The van der Waals surface area contributed by atoms with Gasteiger partial charge in [0.2, 0.25) is 0 Å². The molecule has 31 heavy (non-hydrogen) atoms. The molecule has 0 unspecified atom stereocenters. The molecule has 2 aromatic carbocycles. The number of nitrogen functional groups attached to an aromatic ring is 1. The number of aryl methyl sites for hydroxylation is 1. The highest BCUT2D eigenvalue weighted by Crippen LogP contribution is 2.41. The summed E-state index contributed by atoms with van der Waals surface area (Å²) in [6, 6.07) is 9.66. The topological polar surface area (TPSA) is 66.5 Å². The number of hydrogen-bond acceptors (Lipinski definition) is 4. The molecule has 160 valence electrons. The van der Waals surface area contributed by atoms with E-state index in [4.69, 9.17) is 15.2 Å². The molecule has 8 heteroatoms. The van der Waals surface area contributed by atoms with Crippen LogP contribution in [0.3, 0.4) is 0 Å². The smallest absolute Gasteiger partial charge is 0.416 e. The maximum Gasteiger partial charge on any atom is 0.416 e. The SMILES string of the molecule is Cn1cc2c(cc1=O)OCC/C=C/c1cc(C(F)(F)F)ccc1Oc1ccc(N)cc1-2. The molecule has 0 saturated heterocycles. The molecule has 0 bridgehead atoms. The van der Waals surface area contributed by atoms with Crippen molar-refractivity contribution in [1.82, 2.24) is 4.57 Å². The fourth-order valence-electron chi connectivity index (χ4n) is 3.30. The number of pyridine rings is 1. The second kappa shape index (κ2) is 7.86. The van der Waals surface area contributed by atoms with E-state index in [-0.39, 0.29) is 17.9 Å². The van der Waals surface area contributed by atoms with Gasteiger partial charge in [-0.05, 0) is 42.8 Å². The van der Waals surface area contributed by atoms with Crippen LogP contribution in [0.1, 0.15) is 17.5 Å². The summed E-state index contributed by atoms with van der Waals surface area (Å²) in [5, 5.41) is 0. The average molecular weight is 428 g/mol.